The standard InChI is InChI=1S/C11H9IN4OS/c1-6-13-10(17-15-6)5-16-9-3-2-7(12)4-8(9)14-11(16)18/h2-4H,5H2,1H3,(H,14,18). The fourth-order valence-corrected chi connectivity index (χ4v) is 2.60. The van der Waals surface area contributed by atoms with Crippen LogP contribution in [0, 0.1) is 15.3 Å². The van der Waals surface area contributed by atoms with Gasteiger partial charge in [-0.2, -0.15) is 4.98 Å². The van der Waals surface area contributed by atoms with Crippen LogP contribution >= 0.6 is 34.8 Å². The highest BCUT2D eigenvalue weighted by molar-refractivity contribution is 14.1. The molecule has 0 unspecified atom stereocenters. The molecule has 0 atom stereocenters. The molecule has 92 valence electrons. The van der Waals surface area contributed by atoms with Crippen molar-refractivity contribution in [2.45, 2.75) is 13.5 Å². The Hall–Kier alpha value is -1.22. The Bertz CT molecular complexity index is 773. The van der Waals surface area contributed by atoms with E-state index in [0.29, 0.717) is 23.0 Å². The van der Waals surface area contributed by atoms with Crippen LogP contribution in [-0.4, -0.2) is 19.7 Å². The quantitative estimate of drug-likeness (QED) is 0.555. The maximum Gasteiger partial charge on any atom is 0.246 e. The van der Waals surface area contributed by atoms with Gasteiger partial charge in [-0.25, -0.2) is 0 Å². The van der Waals surface area contributed by atoms with Crippen LogP contribution in [-0.2, 0) is 6.54 Å². The Kier molecular flexibility index (Phi) is 2.94. The molecule has 3 aromatic rings. The van der Waals surface area contributed by atoms with Crippen LogP contribution in [0.15, 0.2) is 22.7 Å². The monoisotopic (exact) mass is 372 g/mol. The molecule has 0 radical (unpaired) electrons. The highest BCUT2D eigenvalue weighted by Crippen LogP contribution is 2.18. The van der Waals surface area contributed by atoms with Gasteiger partial charge in [0, 0.05) is 3.57 Å². The van der Waals surface area contributed by atoms with Gasteiger partial charge in [-0.05, 0) is 59.9 Å². The van der Waals surface area contributed by atoms with E-state index >= 15 is 0 Å². The first-order valence-electron chi connectivity index (χ1n) is 5.31. The number of hydrogen-bond donors (Lipinski definition) is 1. The Morgan fingerprint density at radius 1 is 1.50 bits per heavy atom. The van der Waals surface area contributed by atoms with Crippen molar-refractivity contribution in [1.82, 2.24) is 19.7 Å². The summed E-state index contributed by atoms with van der Waals surface area (Å²) in [5.74, 6) is 1.19. The maximum absolute atomic E-state index is 5.32. The predicted molar refractivity (Wildman–Crippen MR) is 78.0 cm³/mol. The van der Waals surface area contributed by atoms with Gasteiger partial charge in [-0.3, -0.25) is 0 Å². The molecule has 7 heteroatoms. The number of benzene rings is 1. The molecule has 3 rings (SSSR count). The third kappa shape index (κ3) is 2.07. The summed E-state index contributed by atoms with van der Waals surface area (Å²) in [6.07, 6.45) is 0. The summed E-state index contributed by atoms with van der Waals surface area (Å²) in [7, 11) is 0. The molecule has 1 N–H and O–H groups in total. The van der Waals surface area contributed by atoms with Crippen LogP contribution < -0.4 is 0 Å². The van der Waals surface area contributed by atoms with Crippen molar-refractivity contribution < 1.29 is 4.52 Å². The first-order chi connectivity index (χ1) is 8.63. The van der Waals surface area contributed by atoms with Crippen LogP contribution in [0.2, 0.25) is 0 Å². The number of halogens is 1. The van der Waals surface area contributed by atoms with Crippen LogP contribution in [0.5, 0.6) is 0 Å². The van der Waals surface area contributed by atoms with Crippen molar-refractivity contribution in [3.63, 3.8) is 0 Å². The molecule has 0 fully saturated rings. The lowest BCUT2D eigenvalue weighted by molar-refractivity contribution is 0.368. The molecule has 0 aliphatic rings. The number of nitrogens with zero attached hydrogens (tertiary/aromatic N) is 3. The third-order valence-electron chi connectivity index (χ3n) is 2.60. The SMILES string of the molecule is Cc1noc(Cn2c(=S)[nH]c3cc(I)ccc32)n1. The lowest BCUT2D eigenvalue weighted by atomic mass is 10.3. The van der Waals surface area contributed by atoms with Gasteiger partial charge < -0.3 is 14.1 Å². The van der Waals surface area contributed by atoms with E-state index in [1.54, 1.807) is 6.92 Å². The summed E-state index contributed by atoms with van der Waals surface area (Å²) in [6, 6.07) is 6.13. The molecule has 2 aromatic heterocycles. The first kappa shape index (κ1) is 11.8. The first-order valence-corrected chi connectivity index (χ1v) is 6.79. The van der Waals surface area contributed by atoms with Gasteiger partial charge in [-0.1, -0.05) is 5.16 Å². The van der Waals surface area contributed by atoms with Gasteiger partial charge in [0.25, 0.3) is 0 Å². The average Bonchev–Trinajstić information content (AvgIpc) is 2.84. The lowest BCUT2D eigenvalue weighted by Crippen LogP contribution is -1.99. The molecule has 0 saturated heterocycles. The molecular formula is C11H9IN4OS. The third-order valence-corrected chi connectivity index (χ3v) is 3.59. The Balaban J connectivity index is 2.11. The Morgan fingerprint density at radius 3 is 3.06 bits per heavy atom. The molecule has 0 amide bonds. The number of nitrogens with one attached hydrogen (secondary N) is 1. The van der Waals surface area contributed by atoms with E-state index in [2.05, 4.69) is 43.8 Å². The minimum atomic E-state index is 0.486. The number of H-pyrrole nitrogens is 1. The van der Waals surface area contributed by atoms with Crippen LogP contribution in [0.25, 0.3) is 11.0 Å². The van der Waals surface area contributed by atoms with Crippen molar-refractivity contribution in [2.24, 2.45) is 0 Å². The molecule has 18 heavy (non-hydrogen) atoms. The number of rotatable bonds is 2. The number of imidazole rings is 1. The minimum Gasteiger partial charge on any atom is -0.337 e. The van der Waals surface area contributed by atoms with E-state index in [1.807, 2.05) is 16.7 Å². The second-order valence-corrected chi connectivity index (χ2v) is 5.55. The van der Waals surface area contributed by atoms with Gasteiger partial charge in [0.2, 0.25) is 5.89 Å². The molecule has 0 spiro atoms. The maximum atomic E-state index is 5.32. The molecule has 0 bridgehead atoms. The number of aromatic amines is 1. The highest BCUT2D eigenvalue weighted by atomic mass is 127. The van der Waals surface area contributed by atoms with Crippen LogP contribution in [0.3, 0.4) is 0 Å². The molecule has 0 saturated carbocycles. The molecule has 2 heterocycles. The van der Waals surface area contributed by atoms with Crippen molar-refractivity contribution in [3.8, 4) is 0 Å². The van der Waals surface area contributed by atoms with Crippen LogP contribution in [0.1, 0.15) is 11.7 Å². The van der Waals surface area contributed by atoms with E-state index in [9.17, 15) is 0 Å². The molecule has 0 aliphatic heterocycles. The fourth-order valence-electron chi connectivity index (χ4n) is 1.83. The number of aromatic nitrogens is 4. The molecule has 0 aliphatic carbocycles. The summed E-state index contributed by atoms with van der Waals surface area (Å²) in [5, 5.41) is 3.78. The van der Waals surface area contributed by atoms with E-state index in [4.69, 9.17) is 16.7 Å². The number of fused-ring (bicyclic) bond motifs is 1. The van der Waals surface area contributed by atoms with E-state index in [-0.39, 0.29) is 0 Å². The normalized spacial score (nSPS) is 11.2. The lowest BCUT2D eigenvalue weighted by Gasteiger charge is -2.00. The second-order valence-electron chi connectivity index (χ2n) is 3.91. The summed E-state index contributed by atoms with van der Waals surface area (Å²) in [6.45, 7) is 2.28. The zero-order chi connectivity index (χ0) is 12.7. The zero-order valence-corrected chi connectivity index (χ0v) is 12.4. The molecular weight excluding hydrogens is 363 g/mol. The van der Waals surface area contributed by atoms with Gasteiger partial charge >= 0.3 is 0 Å². The average molecular weight is 372 g/mol. The van der Waals surface area contributed by atoms with Crippen LogP contribution in [0.4, 0.5) is 0 Å². The molecule has 5 nitrogen and oxygen atoms in total. The van der Waals surface area contributed by atoms with Gasteiger partial charge in [0.1, 0.15) is 6.54 Å². The number of aryl methyl sites for hydroxylation is 1. The van der Waals surface area contributed by atoms with E-state index in [0.717, 1.165) is 14.6 Å². The van der Waals surface area contributed by atoms with Crippen molar-refractivity contribution >= 4 is 45.8 Å². The van der Waals surface area contributed by atoms with E-state index in [1.165, 1.54) is 0 Å². The summed E-state index contributed by atoms with van der Waals surface area (Å²) in [5.41, 5.74) is 2.06. The largest absolute Gasteiger partial charge is 0.337 e. The fraction of sp³-hybridized carbons (Fsp3) is 0.182. The minimum absolute atomic E-state index is 0.486. The van der Waals surface area contributed by atoms with Crippen molar-refractivity contribution in [3.05, 3.63) is 38.3 Å². The Morgan fingerprint density at radius 2 is 2.33 bits per heavy atom. The second kappa shape index (κ2) is 4.47. The summed E-state index contributed by atoms with van der Waals surface area (Å²) < 4.78 is 8.89. The van der Waals surface area contributed by atoms with Gasteiger partial charge in [-0.15, -0.1) is 0 Å². The van der Waals surface area contributed by atoms with E-state index < -0.39 is 0 Å². The molecule has 1 aromatic carbocycles. The van der Waals surface area contributed by atoms with Gasteiger partial charge in [0.15, 0.2) is 10.6 Å². The zero-order valence-electron chi connectivity index (χ0n) is 9.48. The predicted octanol–water partition coefficient (Wildman–Crippen LogP) is 3.04. The van der Waals surface area contributed by atoms with Crippen molar-refractivity contribution in [2.75, 3.05) is 0 Å². The van der Waals surface area contributed by atoms with Crippen molar-refractivity contribution in [1.29, 1.82) is 0 Å². The van der Waals surface area contributed by atoms with Gasteiger partial charge in [0.05, 0.1) is 11.0 Å². The summed E-state index contributed by atoms with van der Waals surface area (Å²) in [4.78, 5) is 7.37. The smallest absolute Gasteiger partial charge is 0.246 e. The Labute approximate surface area is 121 Å². The highest BCUT2D eigenvalue weighted by Gasteiger charge is 2.09. The number of hydrogen-bond acceptors (Lipinski definition) is 4. The topological polar surface area (TPSA) is 59.6 Å². The summed E-state index contributed by atoms with van der Waals surface area (Å²) >= 11 is 7.59.